The first kappa shape index (κ1) is 45.0. The van der Waals surface area contributed by atoms with Gasteiger partial charge in [-0.2, -0.15) is 0 Å². The maximum Gasteiger partial charge on any atom is -0.00263 e. The second-order valence-corrected chi connectivity index (χ2v) is 20.3. The number of fused-ring (bicyclic) bond motifs is 3. The highest BCUT2D eigenvalue weighted by Crippen LogP contribution is 2.46. The third-order valence-corrected chi connectivity index (χ3v) is 13.7. The van der Waals surface area contributed by atoms with E-state index in [-0.39, 0.29) is 10.8 Å². The first-order valence-electron chi connectivity index (χ1n) is 23.9. The van der Waals surface area contributed by atoms with Gasteiger partial charge in [0.2, 0.25) is 0 Å². The first-order chi connectivity index (χ1) is 27.3. The largest absolute Gasteiger partial charge is 0.0654 e. The third-order valence-electron chi connectivity index (χ3n) is 13.7. The predicted octanol–water partition coefficient (Wildman–Crippen LogP) is 18.1. The Kier molecular flexibility index (Phi) is 16.0. The van der Waals surface area contributed by atoms with Gasteiger partial charge in [0.05, 0.1) is 0 Å². The monoisotopic (exact) mass is 767 g/mol. The molecule has 0 nitrogen and oxygen atoms in total. The summed E-state index contributed by atoms with van der Waals surface area (Å²) < 4.78 is 0. The van der Waals surface area contributed by atoms with Crippen LogP contribution >= 0.6 is 0 Å². The fourth-order valence-electron chi connectivity index (χ4n) is 9.97. The molecule has 5 aromatic carbocycles. The van der Waals surface area contributed by atoms with Crippen LogP contribution in [0.15, 0.2) is 66.7 Å². The number of unbranched alkanes of at least 4 members (excludes halogenated alkanes) is 4. The van der Waals surface area contributed by atoms with E-state index in [9.17, 15) is 0 Å². The van der Waals surface area contributed by atoms with Crippen LogP contribution in [0.4, 0.5) is 0 Å². The highest BCUT2D eigenvalue weighted by Gasteiger charge is 2.26. The molecule has 0 radical (unpaired) electrons. The van der Waals surface area contributed by atoms with E-state index in [4.69, 9.17) is 0 Å². The van der Waals surface area contributed by atoms with E-state index in [2.05, 4.69) is 150 Å². The summed E-state index contributed by atoms with van der Waals surface area (Å²) in [6.45, 7) is 28.8. The molecule has 310 valence electrons. The summed E-state index contributed by atoms with van der Waals surface area (Å²) in [6.07, 6.45) is 20.4. The van der Waals surface area contributed by atoms with Gasteiger partial charge in [-0.05, 0) is 125 Å². The van der Waals surface area contributed by atoms with Crippen LogP contribution in [0.5, 0.6) is 0 Å². The molecule has 0 spiro atoms. The van der Waals surface area contributed by atoms with Gasteiger partial charge in [0.15, 0.2) is 0 Å². The quantitative estimate of drug-likeness (QED) is 0.0547. The van der Waals surface area contributed by atoms with Crippen LogP contribution in [-0.2, 0) is 30.1 Å². The zero-order chi connectivity index (χ0) is 41.3. The summed E-state index contributed by atoms with van der Waals surface area (Å²) in [7, 11) is 0. The van der Waals surface area contributed by atoms with Gasteiger partial charge in [-0.15, -0.1) is 0 Å². The minimum absolute atomic E-state index is 0.00659. The molecule has 0 aromatic heterocycles. The van der Waals surface area contributed by atoms with Crippen LogP contribution in [0.2, 0.25) is 0 Å². The second kappa shape index (κ2) is 20.2. The molecule has 0 amide bonds. The van der Waals surface area contributed by atoms with E-state index in [1.54, 1.807) is 11.1 Å². The van der Waals surface area contributed by atoms with E-state index >= 15 is 0 Å². The molecule has 3 atom stereocenters. The molecule has 57 heavy (non-hydrogen) atoms. The van der Waals surface area contributed by atoms with Gasteiger partial charge in [-0.1, -0.05) is 227 Å². The van der Waals surface area contributed by atoms with Gasteiger partial charge < -0.3 is 0 Å². The molecule has 0 N–H and O–H groups in total. The lowest BCUT2D eigenvalue weighted by Gasteiger charge is -2.28. The number of benzene rings is 5. The SMILES string of the molecule is CCCCCC(CC)Cc1ccc2c(-c3cc(CC(CC)CCCC)c4cc(C(C)(C)C)cc(CC(CC)CCCC)c4c3)c3ccccc3c(C(C)(C)C)c2c1. The van der Waals surface area contributed by atoms with Crippen LogP contribution in [0.1, 0.15) is 194 Å². The molecule has 0 fully saturated rings. The maximum absolute atomic E-state index is 2.66. The molecule has 0 heterocycles. The van der Waals surface area contributed by atoms with Crippen molar-refractivity contribution in [3.8, 4) is 11.1 Å². The van der Waals surface area contributed by atoms with Crippen molar-refractivity contribution in [1.82, 2.24) is 0 Å². The Morgan fingerprint density at radius 1 is 0.439 bits per heavy atom. The van der Waals surface area contributed by atoms with Crippen molar-refractivity contribution in [1.29, 1.82) is 0 Å². The fraction of sp³-hybridized carbons (Fsp3) is 0.579. The zero-order valence-corrected chi connectivity index (χ0v) is 38.9. The Morgan fingerprint density at radius 2 is 0.965 bits per heavy atom. The lowest BCUT2D eigenvalue weighted by Crippen LogP contribution is -2.14. The van der Waals surface area contributed by atoms with Crippen molar-refractivity contribution in [3.05, 3.63) is 94.5 Å². The van der Waals surface area contributed by atoms with Crippen LogP contribution in [0.25, 0.3) is 43.4 Å². The Labute approximate surface area is 351 Å². The Balaban J connectivity index is 1.86. The molecule has 0 aliphatic carbocycles. The average molecular weight is 767 g/mol. The van der Waals surface area contributed by atoms with Crippen molar-refractivity contribution < 1.29 is 0 Å². The molecule has 0 aliphatic heterocycles. The Bertz CT molecular complexity index is 2040. The molecular formula is C57H82. The smallest absolute Gasteiger partial charge is 0.00263 e. The van der Waals surface area contributed by atoms with Crippen LogP contribution in [0, 0.1) is 17.8 Å². The van der Waals surface area contributed by atoms with E-state index in [1.165, 1.54) is 150 Å². The minimum atomic E-state index is 0.00659. The third kappa shape index (κ3) is 10.9. The topological polar surface area (TPSA) is 0 Å². The highest BCUT2D eigenvalue weighted by atomic mass is 14.3. The van der Waals surface area contributed by atoms with Crippen molar-refractivity contribution in [2.45, 2.75) is 197 Å². The maximum atomic E-state index is 2.66. The molecule has 0 bridgehead atoms. The highest BCUT2D eigenvalue weighted by molar-refractivity contribution is 6.16. The molecule has 0 saturated carbocycles. The van der Waals surface area contributed by atoms with E-state index in [1.807, 2.05) is 0 Å². The van der Waals surface area contributed by atoms with Gasteiger partial charge in [0.1, 0.15) is 0 Å². The number of hydrogen-bond donors (Lipinski definition) is 0. The minimum Gasteiger partial charge on any atom is -0.0654 e. The van der Waals surface area contributed by atoms with Gasteiger partial charge in [0, 0.05) is 0 Å². The molecular weight excluding hydrogens is 685 g/mol. The van der Waals surface area contributed by atoms with E-state index < -0.39 is 0 Å². The standard InChI is InChI=1S/C57H82/c1-13-19-22-27-40(16-4)32-43-30-31-49-53(35-43)55(57(10,11)12)50-29-24-23-28-48(50)54(49)46-36-44(33-41(17-5)25-20-14-2)52-39-47(56(7,8)9)37-45(51(52)38-46)34-42(18-6)26-21-15-3/h23-24,28-31,35-42H,13-22,25-27,32-34H2,1-12H3. The van der Waals surface area contributed by atoms with E-state index in [0.717, 1.165) is 18.8 Å². The molecule has 0 saturated heterocycles. The summed E-state index contributed by atoms with van der Waals surface area (Å²) in [5.41, 5.74) is 10.6. The van der Waals surface area contributed by atoms with Crippen molar-refractivity contribution in [3.63, 3.8) is 0 Å². The summed E-state index contributed by atoms with van der Waals surface area (Å²) in [4.78, 5) is 0. The van der Waals surface area contributed by atoms with Gasteiger partial charge in [-0.25, -0.2) is 0 Å². The lowest BCUT2D eigenvalue weighted by molar-refractivity contribution is 0.443. The summed E-state index contributed by atoms with van der Waals surface area (Å²) in [5.74, 6) is 2.15. The Hall–Kier alpha value is -3.12. The second-order valence-electron chi connectivity index (χ2n) is 20.3. The van der Waals surface area contributed by atoms with Crippen molar-refractivity contribution >= 4 is 32.3 Å². The van der Waals surface area contributed by atoms with Crippen LogP contribution in [0.3, 0.4) is 0 Å². The Morgan fingerprint density at radius 3 is 1.53 bits per heavy atom. The molecule has 0 heteroatoms. The van der Waals surface area contributed by atoms with Gasteiger partial charge in [0.25, 0.3) is 0 Å². The van der Waals surface area contributed by atoms with Crippen molar-refractivity contribution in [2.75, 3.05) is 0 Å². The summed E-state index contributed by atoms with van der Waals surface area (Å²) >= 11 is 0. The lowest BCUT2D eigenvalue weighted by atomic mass is 9.76. The summed E-state index contributed by atoms with van der Waals surface area (Å²) in [6, 6.07) is 27.6. The fourth-order valence-corrected chi connectivity index (χ4v) is 9.97. The number of hydrogen-bond acceptors (Lipinski definition) is 0. The van der Waals surface area contributed by atoms with Crippen LogP contribution in [-0.4, -0.2) is 0 Å². The van der Waals surface area contributed by atoms with Crippen molar-refractivity contribution in [2.24, 2.45) is 17.8 Å². The van der Waals surface area contributed by atoms with Gasteiger partial charge in [-0.3, -0.25) is 0 Å². The molecule has 5 rings (SSSR count). The van der Waals surface area contributed by atoms with E-state index in [0.29, 0.717) is 11.8 Å². The molecule has 0 aliphatic rings. The normalized spacial score (nSPS) is 14.2. The zero-order valence-electron chi connectivity index (χ0n) is 38.9. The first-order valence-corrected chi connectivity index (χ1v) is 23.9. The predicted molar refractivity (Wildman–Crippen MR) is 257 cm³/mol. The van der Waals surface area contributed by atoms with Gasteiger partial charge >= 0.3 is 0 Å². The average Bonchev–Trinajstić information content (AvgIpc) is 3.18. The number of rotatable bonds is 20. The summed E-state index contributed by atoms with van der Waals surface area (Å²) in [5, 5.41) is 8.72. The molecule has 3 unspecified atom stereocenters. The molecule has 5 aromatic rings. The van der Waals surface area contributed by atoms with Crippen LogP contribution < -0.4 is 0 Å².